The van der Waals surface area contributed by atoms with Crippen molar-refractivity contribution < 1.29 is 9.53 Å². The number of H-pyrrole nitrogens is 1. The van der Waals surface area contributed by atoms with E-state index in [2.05, 4.69) is 20.2 Å². The van der Waals surface area contributed by atoms with Gasteiger partial charge in [-0.05, 0) is 19.1 Å². The average molecular weight is 271 g/mol. The molecule has 3 aromatic rings. The SMILES string of the molecule is CCn1c(-c2ccn[nH]2)nc2cc(C(=O)OC)cnc21. The number of methoxy groups -OCH3 is 1. The molecule has 7 heteroatoms. The fourth-order valence-electron chi connectivity index (χ4n) is 2.13. The van der Waals surface area contributed by atoms with Crippen molar-refractivity contribution in [3.63, 3.8) is 0 Å². The van der Waals surface area contributed by atoms with Gasteiger partial charge >= 0.3 is 5.97 Å². The fourth-order valence-corrected chi connectivity index (χ4v) is 2.13. The van der Waals surface area contributed by atoms with Crippen LogP contribution in [0.4, 0.5) is 0 Å². The van der Waals surface area contributed by atoms with Gasteiger partial charge in [-0.3, -0.25) is 5.10 Å². The summed E-state index contributed by atoms with van der Waals surface area (Å²) in [4.78, 5) is 20.4. The lowest BCUT2D eigenvalue weighted by Gasteiger charge is -2.03. The molecule has 0 fully saturated rings. The van der Waals surface area contributed by atoms with Gasteiger partial charge in [0, 0.05) is 18.9 Å². The van der Waals surface area contributed by atoms with Gasteiger partial charge in [0.2, 0.25) is 0 Å². The summed E-state index contributed by atoms with van der Waals surface area (Å²) in [5, 5.41) is 6.82. The molecule has 1 N–H and O–H groups in total. The lowest BCUT2D eigenvalue weighted by molar-refractivity contribution is 0.0600. The van der Waals surface area contributed by atoms with E-state index in [0.29, 0.717) is 11.1 Å². The van der Waals surface area contributed by atoms with Gasteiger partial charge in [0.15, 0.2) is 11.5 Å². The minimum Gasteiger partial charge on any atom is -0.465 e. The summed E-state index contributed by atoms with van der Waals surface area (Å²) >= 11 is 0. The number of carbonyl (C=O) groups is 1. The van der Waals surface area contributed by atoms with Crippen LogP contribution in [-0.4, -0.2) is 37.8 Å². The number of hydrogen-bond donors (Lipinski definition) is 1. The van der Waals surface area contributed by atoms with Gasteiger partial charge in [0.1, 0.15) is 11.2 Å². The predicted octanol–water partition coefficient (Wildman–Crippen LogP) is 1.63. The predicted molar refractivity (Wildman–Crippen MR) is 72.1 cm³/mol. The molecule has 0 spiro atoms. The molecule has 3 aromatic heterocycles. The van der Waals surface area contributed by atoms with E-state index in [1.807, 2.05) is 17.6 Å². The van der Waals surface area contributed by atoms with Crippen molar-refractivity contribution >= 4 is 17.1 Å². The van der Waals surface area contributed by atoms with Crippen LogP contribution in [0.1, 0.15) is 17.3 Å². The van der Waals surface area contributed by atoms with Crippen LogP contribution in [-0.2, 0) is 11.3 Å². The molecule has 102 valence electrons. The molecule has 0 aliphatic rings. The first kappa shape index (κ1) is 12.3. The number of hydrogen-bond acceptors (Lipinski definition) is 5. The molecule has 0 radical (unpaired) electrons. The Bertz CT molecular complexity index is 761. The van der Waals surface area contributed by atoms with E-state index >= 15 is 0 Å². The van der Waals surface area contributed by atoms with Crippen molar-refractivity contribution in [3.05, 3.63) is 30.1 Å². The van der Waals surface area contributed by atoms with Gasteiger partial charge in [-0.25, -0.2) is 14.8 Å². The Labute approximate surface area is 114 Å². The molecule has 0 aliphatic heterocycles. The second-order valence-corrected chi connectivity index (χ2v) is 4.21. The van der Waals surface area contributed by atoms with Gasteiger partial charge in [-0.2, -0.15) is 5.10 Å². The van der Waals surface area contributed by atoms with Crippen molar-refractivity contribution in [3.8, 4) is 11.5 Å². The van der Waals surface area contributed by atoms with Crippen LogP contribution < -0.4 is 0 Å². The first-order chi connectivity index (χ1) is 9.74. The van der Waals surface area contributed by atoms with E-state index in [-0.39, 0.29) is 0 Å². The van der Waals surface area contributed by atoms with E-state index < -0.39 is 5.97 Å². The Balaban J connectivity index is 2.20. The Morgan fingerprint density at radius 1 is 1.50 bits per heavy atom. The fraction of sp³-hybridized carbons (Fsp3) is 0.231. The van der Waals surface area contributed by atoms with Crippen molar-refractivity contribution in [1.82, 2.24) is 24.7 Å². The van der Waals surface area contributed by atoms with Gasteiger partial charge in [0.25, 0.3) is 0 Å². The lowest BCUT2D eigenvalue weighted by atomic mass is 10.3. The highest BCUT2D eigenvalue weighted by Gasteiger charge is 2.15. The third-order valence-electron chi connectivity index (χ3n) is 3.06. The molecule has 20 heavy (non-hydrogen) atoms. The number of ether oxygens (including phenoxy) is 1. The number of nitrogens with zero attached hydrogens (tertiary/aromatic N) is 4. The molecule has 0 saturated carbocycles. The zero-order valence-corrected chi connectivity index (χ0v) is 11.1. The first-order valence-electron chi connectivity index (χ1n) is 6.19. The Morgan fingerprint density at radius 3 is 3.00 bits per heavy atom. The number of esters is 1. The normalized spacial score (nSPS) is 10.9. The summed E-state index contributed by atoms with van der Waals surface area (Å²) in [7, 11) is 1.34. The molecule has 3 rings (SSSR count). The third-order valence-corrected chi connectivity index (χ3v) is 3.06. The largest absolute Gasteiger partial charge is 0.465 e. The Hall–Kier alpha value is -2.70. The van der Waals surface area contributed by atoms with Crippen LogP contribution in [0.3, 0.4) is 0 Å². The minimum absolute atomic E-state index is 0.386. The van der Waals surface area contributed by atoms with Crippen molar-refractivity contribution in [2.45, 2.75) is 13.5 Å². The molecular weight excluding hydrogens is 258 g/mol. The summed E-state index contributed by atoms with van der Waals surface area (Å²) in [5.41, 5.74) is 2.57. The maximum Gasteiger partial charge on any atom is 0.339 e. The summed E-state index contributed by atoms with van der Waals surface area (Å²) in [6.45, 7) is 2.73. The maximum atomic E-state index is 11.5. The number of aromatic nitrogens is 5. The second kappa shape index (κ2) is 4.76. The van der Waals surface area contributed by atoms with Crippen molar-refractivity contribution in [1.29, 1.82) is 0 Å². The Kier molecular flexibility index (Phi) is 2.94. The molecular formula is C13H13N5O2. The molecule has 0 atom stereocenters. The number of carbonyl (C=O) groups excluding carboxylic acids is 1. The van der Waals surface area contributed by atoms with Gasteiger partial charge < -0.3 is 9.30 Å². The van der Waals surface area contributed by atoms with Crippen LogP contribution >= 0.6 is 0 Å². The summed E-state index contributed by atoms with van der Waals surface area (Å²) < 4.78 is 6.65. The molecule has 0 amide bonds. The average Bonchev–Trinajstić information content (AvgIpc) is 3.11. The molecule has 3 heterocycles. The standard InChI is InChI=1S/C13H13N5O2/c1-3-18-11-10(6-8(7-14-11)13(19)20-2)16-12(18)9-4-5-15-17-9/h4-7H,3H2,1-2H3,(H,15,17). The minimum atomic E-state index is -0.423. The number of aromatic amines is 1. The second-order valence-electron chi connectivity index (χ2n) is 4.21. The highest BCUT2D eigenvalue weighted by atomic mass is 16.5. The van der Waals surface area contributed by atoms with Crippen LogP contribution in [0.2, 0.25) is 0 Å². The Morgan fingerprint density at radius 2 is 2.35 bits per heavy atom. The van der Waals surface area contributed by atoms with E-state index in [1.165, 1.54) is 13.3 Å². The van der Waals surface area contributed by atoms with Crippen molar-refractivity contribution in [2.24, 2.45) is 0 Å². The van der Waals surface area contributed by atoms with E-state index in [0.717, 1.165) is 23.7 Å². The lowest BCUT2D eigenvalue weighted by Crippen LogP contribution is -2.03. The van der Waals surface area contributed by atoms with E-state index in [4.69, 9.17) is 4.74 Å². The third kappa shape index (κ3) is 1.83. The molecule has 0 aliphatic carbocycles. The highest BCUT2D eigenvalue weighted by molar-refractivity contribution is 5.92. The number of nitrogens with one attached hydrogen (secondary N) is 1. The first-order valence-corrected chi connectivity index (χ1v) is 6.19. The van der Waals surface area contributed by atoms with Gasteiger partial charge in [0.05, 0.1) is 12.7 Å². The summed E-state index contributed by atoms with van der Waals surface area (Å²) in [5.74, 6) is 0.322. The zero-order chi connectivity index (χ0) is 14.1. The molecule has 0 unspecified atom stereocenters. The number of rotatable bonds is 3. The number of fused-ring (bicyclic) bond motifs is 1. The highest BCUT2D eigenvalue weighted by Crippen LogP contribution is 2.22. The maximum absolute atomic E-state index is 11.5. The molecule has 7 nitrogen and oxygen atoms in total. The van der Waals surface area contributed by atoms with Crippen molar-refractivity contribution in [2.75, 3.05) is 7.11 Å². The van der Waals surface area contributed by atoms with Crippen LogP contribution in [0.5, 0.6) is 0 Å². The number of imidazole rings is 1. The van der Waals surface area contributed by atoms with E-state index in [9.17, 15) is 4.79 Å². The van der Waals surface area contributed by atoms with Crippen LogP contribution in [0.15, 0.2) is 24.5 Å². The summed E-state index contributed by atoms with van der Waals surface area (Å²) in [6.07, 6.45) is 3.17. The molecule has 0 bridgehead atoms. The quantitative estimate of drug-likeness (QED) is 0.732. The smallest absolute Gasteiger partial charge is 0.339 e. The number of aryl methyl sites for hydroxylation is 1. The van der Waals surface area contributed by atoms with Gasteiger partial charge in [-0.1, -0.05) is 0 Å². The van der Waals surface area contributed by atoms with Crippen LogP contribution in [0.25, 0.3) is 22.7 Å². The molecule has 0 saturated heterocycles. The van der Waals surface area contributed by atoms with E-state index in [1.54, 1.807) is 12.3 Å². The zero-order valence-electron chi connectivity index (χ0n) is 11.1. The van der Waals surface area contributed by atoms with Gasteiger partial charge in [-0.15, -0.1) is 0 Å². The summed E-state index contributed by atoms with van der Waals surface area (Å²) in [6, 6.07) is 3.52. The number of pyridine rings is 1. The molecule has 0 aromatic carbocycles. The monoisotopic (exact) mass is 271 g/mol. The topological polar surface area (TPSA) is 85.7 Å². The van der Waals surface area contributed by atoms with Crippen LogP contribution in [0, 0.1) is 0 Å².